The molecule has 0 radical (unpaired) electrons. The first kappa shape index (κ1) is 12.5. The average molecular weight is 268 g/mol. The second kappa shape index (κ2) is 5.22. The molecule has 2 heteroatoms. The van der Waals surface area contributed by atoms with Gasteiger partial charge in [0, 0.05) is 16.4 Å². The van der Waals surface area contributed by atoms with Crippen LogP contribution in [0.5, 0.6) is 0 Å². The van der Waals surface area contributed by atoms with Crippen molar-refractivity contribution in [3.05, 3.63) is 65.2 Å². The van der Waals surface area contributed by atoms with E-state index < -0.39 is 0 Å². The molecule has 0 amide bonds. The first-order chi connectivity index (χ1) is 9.28. The van der Waals surface area contributed by atoms with Gasteiger partial charge in [-0.3, -0.25) is 4.79 Å². The Kier molecular flexibility index (Phi) is 3.43. The summed E-state index contributed by atoms with van der Waals surface area (Å²) >= 11 is 1.70. The van der Waals surface area contributed by atoms with Gasteiger partial charge in [-0.05, 0) is 42.4 Å². The average Bonchev–Trinajstić information content (AvgIpc) is 2.90. The maximum absolute atomic E-state index is 12.5. The lowest BCUT2D eigenvalue weighted by atomic mass is 9.95. The zero-order valence-corrected chi connectivity index (χ0v) is 11.7. The Morgan fingerprint density at radius 3 is 2.11 bits per heavy atom. The number of carbonyl (C=O) groups excluding carboxylic acids is 1. The van der Waals surface area contributed by atoms with Crippen molar-refractivity contribution in [3.63, 3.8) is 0 Å². The zero-order valence-electron chi connectivity index (χ0n) is 10.9. The van der Waals surface area contributed by atoms with Gasteiger partial charge in [0.05, 0.1) is 0 Å². The summed E-state index contributed by atoms with van der Waals surface area (Å²) in [6.07, 6.45) is 3.82. The molecule has 1 nitrogen and oxygen atoms in total. The van der Waals surface area contributed by atoms with Gasteiger partial charge >= 0.3 is 0 Å². The van der Waals surface area contributed by atoms with E-state index in [0.29, 0.717) is 0 Å². The van der Waals surface area contributed by atoms with Crippen molar-refractivity contribution in [1.29, 1.82) is 0 Å². The highest BCUT2D eigenvalue weighted by Gasteiger charge is 2.27. The van der Waals surface area contributed by atoms with E-state index in [1.165, 1.54) is 16.0 Å². The number of benzene rings is 2. The van der Waals surface area contributed by atoms with Gasteiger partial charge < -0.3 is 0 Å². The molecule has 0 saturated heterocycles. The Morgan fingerprint density at radius 2 is 1.58 bits per heavy atom. The molecule has 96 valence electrons. The fraction of sp³-hybridized carbons (Fsp3) is 0.235. The summed E-state index contributed by atoms with van der Waals surface area (Å²) in [6.45, 7) is 0. The second-order valence-electron chi connectivity index (χ2n) is 4.97. The quantitative estimate of drug-likeness (QED) is 0.618. The molecule has 2 aromatic rings. The van der Waals surface area contributed by atoms with Crippen molar-refractivity contribution in [2.75, 3.05) is 6.26 Å². The lowest BCUT2D eigenvalue weighted by Crippen LogP contribution is -2.14. The highest BCUT2D eigenvalue weighted by Crippen LogP contribution is 2.29. The summed E-state index contributed by atoms with van der Waals surface area (Å²) in [7, 11) is 0. The van der Waals surface area contributed by atoms with Crippen molar-refractivity contribution >= 4 is 17.5 Å². The van der Waals surface area contributed by atoms with Crippen LogP contribution in [0.3, 0.4) is 0 Å². The third kappa shape index (κ3) is 2.45. The number of hydrogen-bond acceptors (Lipinski definition) is 2. The largest absolute Gasteiger partial charge is 0.294 e. The molecule has 0 aliphatic heterocycles. The second-order valence-corrected chi connectivity index (χ2v) is 5.85. The number of ketones is 1. The highest BCUT2D eigenvalue weighted by molar-refractivity contribution is 7.98. The molecule has 0 bridgehead atoms. The van der Waals surface area contributed by atoms with Gasteiger partial charge in [-0.15, -0.1) is 11.8 Å². The smallest absolute Gasteiger partial charge is 0.166 e. The number of thioether (sulfide) groups is 1. The minimum atomic E-state index is 0.123. The van der Waals surface area contributed by atoms with Crippen LogP contribution in [0.25, 0.3) is 0 Å². The van der Waals surface area contributed by atoms with E-state index >= 15 is 0 Å². The maximum Gasteiger partial charge on any atom is 0.166 e. The van der Waals surface area contributed by atoms with E-state index in [0.717, 1.165) is 18.4 Å². The van der Waals surface area contributed by atoms with Crippen LogP contribution in [-0.2, 0) is 12.8 Å². The Labute approximate surface area is 118 Å². The van der Waals surface area contributed by atoms with E-state index in [2.05, 4.69) is 24.3 Å². The van der Waals surface area contributed by atoms with Crippen LogP contribution in [0, 0.1) is 5.92 Å². The summed E-state index contributed by atoms with van der Waals surface area (Å²) < 4.78 is 0. The molecule has 1 aliphatic carbocycles. The fourth-order valence-electron chi connectivity index (χ4n) is 2.74. The number of carbonyl (C=O) groups is 1. The Morgan fingerprint density at radius 1 is 1.00 bits per heavy atom. The van der Waals surface area contributed by atoms with Gasteiger partial charge in [0.1, 0.15) is 0 Å². The van der Waals surface area contributed by atoms with Crippen LogP contribution in [0.1, 0.15) is 21.5 Å². The highest BCUT2D eigenvalue weighted by atomic mass is 32.2. The minimum Gasteiger partial charge on any atom is -0.294 e. The topological polar surface area (TPSA) is 17.1 Å². The van der Waals surface area contributed by atoms with Crippen LogP contribution in [0.4, 0.5) is 0 Å². The third-order valence-electron chi connectivity index (χ3n) is 3.80. The molecule has 0 unspecified atom stereocenters. The van der Waals surface area contributed by atoms with Gasteiger partial charge in [0.15, 0.2) is 5.78 Å². The fourth-order valence-corrected chi connectivity index (χ4v) is 3.14. The standard InChI is InChI=1S/C17H16OS/c1-19-16-8-6-12(7-9-16)17(18)15-10-13-4-2-3-5-14(13)11-15/h2-9,15H,10-11H2,1H3. The third-order valence-corrected chi connectivity index (χ3v) is 4.54. The van der Waals surface area contributed by atoms with Gasteiger partial charge in [0.2, 0.25) is 0 Å². The summed E-state index contributed by atoms with van der Waals surface area (Å²) in [5, 5.41) is 0. The lowest BCUT2D eigenvalue weighted by Gasteiger charge is -2.08. The first-order valence-electron chi connectivity index (χ1n) is 6.53. The molecular formula is C17H16OS. The molecule has 0 aromatic heterocycles. The molecular weight excluding hydrogens is 252 g/mol. The van der Waals surface area contributed by atoms with E-state index in [1.54, 1.807) is 11.8 Å². The van der Waals surface area contributed by atoms with Crippen molar-refractivity contribution < 1.29 is 4.79 Å². The van der Waals surface area contributed by atoms with E-state index in [-0.39, 0.29) is 11.7 Å². The Balaban J connectivity index is 1.79. The van der Waals surface area contributed by atoms with Crippen LogP contribution in [-0.4, -0.2) is 12.0 Å². The van der Waals surface area contributed by atoms with E-state index in [4.69, 9.17) is 0 Å². The molecule has 0 atom stereocenters. The Hall–Kier alpha value is -1.54. The first-order valence-corrected chi connectivity index (χ1v) is 7.75. The number of Topliss-reactive ketones (excluding diaryl/α,β-unsaturated/α-hetero) is 1. The normalized spacial score (nSPS) is 14.4. The molecule has 0 saturated carbocycles. The molecule has 0 fully saturated rings. The molecule has 0 heterocycles. The number of rotatable bonds is 3. The van der Waals surface area contributed by atoms with E-state index in [1.807, 2.05) is 30.5 Å². The van der Waals surface area contributed by atoms with Crippen molar-refractivity contribution in [3.8, 4) is 0 Å². The zero-order chi connectivity index (χ0) is 13.2. The summed E-state index contributed by atoms with van der Waals surface area (Å²) in [5.41, 5.74) is 3.51. The minimum absolute atomic E-state index is 0.123. The van der Waals surface area contributed by atoms with Crippen molar-refractivity contribution in [2.45, 2.75) is 17.7 Å². The molecule has 1 aliphatic rings. The van der Waals surface area contributed by atoms with Gasteiger partial charge in [-0.25, -0.2) is 0 Å². The number of fused-ring (bicyclic) bond motifs is 1. The SMILES string of the molecule is CSc1ccc(C(=O)C2Cc3ccccc3C2)cc1. The summed E-state index contributed by atoms with van der Waals surface area (Å²) in [6, 6.07) is 16.4. The molecule has 19 heavy (non-hydrogen) atoms. The maximum atomic E-state index is 12.5. The van der Waals surface area contributed by atoms with Crippen LogP contribution in [0.15, 0.2) is 53.4 Å². The van der Waals surface area contributed by atoms with Gasteiger partial charge in [0.25, 0.3) is 0 Å². The molecule has 0 spiro atoms. The van der Waals surface area contributed by atoms with Gasteiger partial charge in [-0.1, -0.05) is 36.4 Å². The summed E-state index contributed by atoms with van der Waals surface area (Å²) in [5.74, 6) is 0.404. The van der Waals surface area contributed by atoms with E-state index in [9.17, 15) is 4.79 Å². The number of hydrogen-bond donors (Lipinski definition) is 0. The molecule has 0 N–H and O–H groups in total. The van der Waals surface area contributed by atoms with Crippen LogP contribution < -0.4 is 0 Å². The Bertz CT molecular complexity index is 576. The van der Waals surface area contributed by atoms with Crippen molar-refractivity contribution in [2.24, 2.45) is 5.92 Å². The monoisotopic (exact) mass is 268 g/mol. The predicted octanol–water partition coefficient (Wildman–Crippen LogP) is 4.01. The molecule has 2 aromatic carbocycles. The van der Waals surface area contributed by atoms with Crippen molar-refractivity contribution in [1.82, 2.24) is 0 Å². The van der Waals surface area contributed by atoms with Crippen LogP contribution >= 0.6 is 11.8 Å². The molecule has 3 rings (SSSR count). The van der Waals surface area contributed by atoms with Crippen LogP contribution in [0.2, 0.25) is 0 Å². The predicted molar refractivity (Wildman–Crippen MR) is 79.9 cm³/mol. The summed E-state index contributed by atoms with van der Waals surface area (Å²) in [4.78, 5) is 13.7. The lowest BCUT2D eigenvalue weighted by molar-refractivity contribution is 0.0924. The van der Waals surface area contributed by atoms with Gasteiger partial charge in [-0.2, -0.15) is 0 Å².